The molecule has 5 aliphatic rings. The number of methoxy groups -OCH3 is 1. The molecule has 5 aliphatic heterocycles. The maximum absolute atomic E-state index is 16.0. The summed E-state index contributed by atoms with van der Waals surface area (Å²) in [6.07, 6.45) is -19.1. The number of amides is 4. The molecular formula is C74H91Cl2N5O24. The van der Waals surface area contributed by atoms with Crippen molar-refractivity contribution >= 4 is 70.3 Å². The Hall–Kier alpha value is -8.65. The summed E-state index contributed by atoms with van der Waals surface area (Å²) < 4.78 is 37.4. The number of carbonyl (C=O) groups excluding carboxylic acids is 9. The maximum atomic E-state index is 16.0. The number of Topliss-reactive ketones (excluding diaryl/α,β-unsaturated/α-hetero) is 3. The van der Waals surface area contributed by atoms with Crippen molar-refractivity contribution in [2.24, 2.45) is 41.1 Å². The fourth-order valence-electron chi connectivity index (χ4n) is 12.9. The van der Waals surface area contributed by atoms with Crippen LogP contribution in [0.5, 0.6) is 40.2 Å². The molecule has 0 aromatic heterocycles. The Bertz CT molecular complexity index is 4000. The minimum absolute atomic E-state index is 0.0166. The predicted octanol–water partition coefficient (Wildman–Crippen LogP) is 5.58. The Morgan fingerprint density at radius 1 is 0.810 bits per heavy atom. The molecule has 0 saturated carbocycles. The molecule has 5 heterocycles. The highest BCUT2D eigenvalue weighted by molar-refractivity contribution is 6.32. The summed E-state index contributed by atoms with van der Waals surface area (Å²) in [6.45, 7) is 13.6. The first-order chi connectivity index (χ1) is 49.4. The van der Waals surface area contributed by atoms with Crippen molar-refractivity contribution in [1.82, 2.24) is 16.0 Å². The Labute approximate surface area is 615 Å². The zero-order valence-electron chi connectivity index (χ0n) is 59.2. The second-order valence-corrected chi connectivity index (χ2v) is 28.8. The number of nitrogens with one attached hydrogen (secondary N) is 3. The van der Waals surface area contributed by atoms with Gasteiger partial charge in [-0.1, -0.05) is 89.0 Å². The Balaban J connectivity index is 0.00000211. The lowest BCUT2D eigenvalue weighted by molar-refractivity contribution is -0.333. The molecular weight excluding hydrogens is 1410 g/mol. The van der Waals surface area contributed by atoms with Gasteiger partial charge in [-0.05, 0) is 115 Å². The normalized spacial score (nSPS) is 25.6. The van der Waals surface area contributed by atoms with Gasteiger partial charge in [0.2, 0.25) is 35.7 Å². The zero-order valence-corrected chi connectivity index (χ0v) is 60.7. The number of primary amides is 1. The molecule has 5 aromatic carbocycles. The van der Waals surface area contributed by atoms with Gasteiger partial charge in [-0.15, -0.1) is 0 Å². The van der Waals surface area contributed by atoms with Crippen LogP contribution >= 0.6 is 23.2 Å². The lowest BCUT2D eigenvalue weighted by Gasteiger charge is -2.47. The molecule has 2 fully saturated rings. The van der Waals surface area contributed by atoms with Gasteiger partial charge < -0.3 is 102 Å². The quantitative estimate of drug-likeness (QED) is 0.0480. The summed E-state index contributed by atoms with van der Waals surface area (Å²) in [7, 11) is 1.15. The zero-order chi connectivity index (χ0) is 77.8. The Morgan fingerprint density at radius 3 is 2.10 bits per heavy atom. The number of fused-ring (bicyclic) bond motifs is 8. The van der Waals surface area contributed by atoms with Gasteiger partial charge in [0.05, 0.1) is 48.9 Å². The number of carbonyl (C=O) groups is 7. The van der Waals surface area contributed by atoms with Crippen molar-refractivity contribution in [3.8, 4) is 51.4 Å². The van der Waals surface area contributed by atoms with Gasteiger partial charge in [0.1, 0.15) is 65.3 Å². The number of ketones is 3. The monoisotopic (exact) mass is 1500 g/mol. The number of hydrogen-bond donors (Lipinski definition) is 14. The van der Waals surface area contributed by atoms with E-state index in [0.29, 0.717) is 6.42 Å². The molecule has 0 spiro atoms. The average molecular weight is 1510 g/mol. The summed E-state index contributed by atoms with van der Waals surface area (Å²) in [4.78, 5) is 120. The number of benzene rings is 5. The van der Waals surface area contributed by atoms with Gasteiger partial charge in [0.25, 0.3) is 0 Å². The van der Waals surface area contributed by atoms with E-state index < -0.39 is 211 Å². The van der Waals surface area contributed by atoms with Crippen LogP contribution in [0.2, 0.25) is 10.0 Å². The SMILES string of the molecule is CC(C)C.COc1cc2cc(c1OC1OC(CO)C(O)[C@H](O)[C@@H]1OC1CC(C)(N)[C@H](O)[C@H](C)O1)Oc1ccc(cc1Cl)[C@@H](O)[C@@H]1CC(=O)[C@@H](CC(=O)[C@@H]2NC(=O)[C@H](CC(N)=O)CC(=O)[C@H](NC(=O)[C@H](C)CC(C)C)[C@H](O)c2cccc(Cl)c2)c2ccc(O)c(c2)-c2c(O)cc(O)cc2CNC1=O.O=C=O. The van der Waals surface area contributed by atoms with Crippen LogP contribution in [0.4, 0.5) is 0 Å². The van der Waals surface area contributed by atoms with Crippen LogP contribution in [-0.2, 0) is 63.9 Å². The first-order valence-electron chi connectivity index (χ1n) is 33.9. The maximum Gasteiger partial charge on any atom is 0.373 e. The van der Waals surface area contributed by atoms with Gasteiger partial charge in [-0.2, -0.15) is 9.59 Å². The molecule has 5 unspecified atom stereocenters. The molecule has 16 N–H and O–H groups in total. The lowest BCUT2D eigenvalue weighted by Crippen LogP contribution is -2.64. The highest BCUT2D eigenvalue weighted by Gasteiger charge is 2.51. The molecule has 5 aromatic rings. The van der Waals surface area contributed by atoms with E-state index >= 15 is 14.4 Å². The summed E-state index contributed by atoms with van der Waals surface area (Å²) in [5, 5.41) is 110. The number of hydrogen-bond acceptors (Lipinski definition) is 25. The summed E-state index contributed by atoms with van der Waals surface area (Å²) in [6, 6.07) is 14.1. The second kappa shape index (κ2) is 36.6. The third kappa shape index (κ3) is 20.9. The van der Waals surface area contributed by atoms with Crippen molar-refractivity contribution in [3.63, 3.8) is 0 Å². The minimum atomic E-state index is -2.05. The molecule has 105 heavy (non-hydrogen) atoms. The highest BCUT2D eigenvalue weighted by Crippen LogP contribution is 2.49. The molecule has 31 heteroatoms. The Morgan fingerprint density at radius 2 is 1.49 bits per heavy atom. The predicted molar refractivity (Wildman–Crippen MR) is 375 cm³/mol. The molecule has 0 radical (unpaired) electrons. The van der Waals surface area contributed by atoms with Crippen LogP contribution in [0.15, 0.2) is 84.9 Å². The number of rotatable bonds is 19. The van der Waals surface area contributed by atoms with Crippen molar-refractivity contribution in [2.45, 2.75) is 185 Å². The lowest BCUT2D eigenvalue weighted by atomic mass is 9.80. The molecule has 8 bridgehead atoms. The van der Waals surface area contributed by atoms with E-state index in [9.17, 15) is 65.1 Å². The van der Waals surface area contributed by atoms with E-state index in [1.165, 1.54) is 79.7 Å². The van der Waals surface area contributed by atoms with E-state index in [1.54, 1.807) is 13.8 Å². The number of phenols is 3. The van der Waals surface area contributed by atoms with Gasteiger partial charge in [-0.25, -0.2) is 0 Å². The van der Waals surface area contributed by atoms with Gasteiger partial charge in [-0.3, -0.25) is 33.6 Å². The fourth-order valence-corrected chi connectivity index (χ4v) is 13.4. The molecule has 4 amide bonds. The highest BCUT2D eigenvalue weighted by atomic mass is 35.5. The minimum Gasteiger partial charge on any atom is -0.508 e. The van der Waals surface area contributed by atoms with Crippen LogP contribution in [0.1, 0.15) is 146 Å². The molecule has 570 valence electrons. The van der Waals surface area contributed by atoms with E-state index in [1.807, 2.05) is 13.8 Å². The van der Waals surface area contributed by atoms with E-state index in [2.05, 4.69) is 36.7 Å². The average Bonchev–Trinajstić information content (AvgIpc) is 0.771. The van der Waals surface area contributed by atoms with Gasteiger partial charge in [0.15, 0.2) is 35.5 Å². The molecule has 2 saturated heterocycles. The molecule has 17 atom stereocenters. The van der Waals surface area contributed by atoms with Crippen molar-refractivity contribution in [1.29, 1.82) is 0 Å². The summed E-state index contributed by atoms with van der Waals surface area (Å²) >= 11 is 13.3. The van der Waals surface area contributed by atoms with Crippen molar-refractivity contribution < 1.29 is 118 Å². The summed E-state index contributed by atoms with van der Waals surface area (Å²) in [5.41, 5.74) is 10.6. The first-order valence-corrected chi connectivity index (χ1v) is 34.7. The number of aliphatic hydroxyl groups is 6. The molecule has 10 rings (SSSR count). The van der Waals surface area contributed by atoms with Crippen LogP contribution < -0.4 is 41.6 Å². The fraction of sp³-hybridized carbons (Fsp3) is 0.486. The standard InChI is InChI=1S/C69H81Cl2N5O22.C4H10.CO2/c1-29(2)14-30(3)65(90)76-57(59(86)33-8-7-9-38(70)15-33)47(82)19-36(22-53(72)84)66(91)75-56-35-20-50(93-6)62(98-68-63(61(88)60(87)52(28-77)96-68)97-54-26-69(5,73)64(89)31(4)94-54)51(21-35)95-49-13-11-34(18-43(49)71)58(85)42-25-45(80)40(24-48(56)83)32-10-12-44(79)41(17-32)55-37(27-74-67(42)92)16-39(78)23-46(55)81;1-4(2)3;2-1-3/h7-13,15-18,20-21,23,29-31,36,40,42,52,54,56-61,63-64,68,77-79,81,85-89H,14,19,22,24-28,73H2,1-6H3,(H2,72,84)(H,74,92)(H,75,91)(H,76,90);4H,1-3H3;/t30-,31+,36+,40+,42+,52?,54?,56-,57+,58-,59-,60?,61+,63+,64-,68?,69?;;/m1../s1. The van der Waals surface area contributed by atoms with E-state index in [-0.39, 0.29) is 79.0 Å². The smallest absolute Gasteiger partial charge is 0.373 e. The van der Waals surface area contributed by atoms with Gasteiger partial charge in [0, 0.05) is 78.2 Å². The van der Waals surface area contributed by atoms with Crippen LogP contribution in [0.25, 0.3) is 11.1 Å². The number of nitrogens with two attached hydrogens (primary N) is 2. The van der Waals surface area contributed by atoms with Crippen molar-refractivity contribution in [3.05, 3.63) is 123 Å². The topological polar surface area (TPSA) is 479 Å². The van der Waals surface area contributed by atoms with Gasteiger partial charge >= 0.3 is 6.15 Å². The number of ether oxygens (including phenoxy) is 6. The molecule has 29 nitrogen and oxygen atoms in total. The summed E-state index contributed by atoms with van der Waals surface area (Å²) in [5.74, 6) is -14.8. The Kier molecular flexibility index (Phi) is 29.1. The third-order valence-electron chi connectivity index (χ3n) is 18.1. The number of aliphatic hydroxyl groups excluding tert-OH is 6. The molecule has 0 aliphatic carbocycles. The number of phenolic OH excluding ortho intramolecular Hbond substituents is 3. The van der Waals surface area contributed by atoms with E-state index in [4.69, 9.17) is 72.7 Å². The third-order valence-corrected chi connectivity index (χ3v) is 18.7. The van der Waals surface area contributed by atoms with Crippen LogP contribution in [0, 0.1) is 29.6 Å². The number of halogens is 2. The van der Waals surface area contributed by atoms with Crippen LogP contribution in [-0.4, -0.2) is 168 Å². The second-order valence-electron chi connectivity index (χ2n) is 27.9. The van der Waals surface area contributed by atoms with E-state index in [0.717, 1.165) is 25.2 Å². The largest absolute Gasteiger partial charge is 0.508 e. The first kappa shape index (κ1) is 83.6. The number of aromatic hydroxyl groups is 3. The van der Waals surface area contributed by atoms with Crippen molar-refractivity contribution in [2.75, 3.05) is 13.7 Å². The van der Waals surface area contributed by atoms with Crippen LogP contribution in [0.3, 0.4) is 0 Å².